The van der Waals surface area contributed by atoms with Crippen LogP contribution < -0.4 is 0 Å². The van der Waals surface area contributed by atoms with Gasteiger partial charge in [0.15, 0.2) is 5.82 Å². The van der Waals surface area contributed by atoms with Crippen molar-refractivity contribution in [2.45, 2.75) is 37.0 Å². The van der Waals surface area contributed by atoms with Crippen LogP contribution in [0.15, 0.2) is 57.9 Å². The van der Waals surface area contributed by atoms with E-state index in [0.717, 1.165) is 12.0 Å². The van der Waals surface area contributed by atoms with E-state index < -0.39 is 10.0 Å². The van der Waals surface area contributed by atoms with Crippen molar-refractivity contribution in [3.05, 3.63) is 65.7 Å². The molecule has 8 heteroatoms. The van der Waals surface area contributed by atoms with Crippen LogP contribution in [0.2, 0.25) is 0 Å². The van der Waals surface area contributed by atoms with Crippen LogP contribution in [0.3, 0.4) is 0 Å². The highest BCUT2D eigenvalue weighted by Crippen LogP contribution is 2.30. The summed E-state index contributed by atoms with van der Waals surface area (Å²) in [6.45, 7) is 2.82. The Morgan fingerprint density at radius 1 is 1.14 bits per heavy atom. The first-order valence-electron chi connectivity index (χ1n) is 9.66. The van der Waals surface area contributed by atoms with Crippen LogP contribution in [0.25, 0.3) is 11.5 Å². The molecule has 1 aromatic heterocycles. The largest absolute Gasteiger partial charge is 0.334 e. The topological polar surface area (TPSA) is 76.3 Å². The van der Waals surface area contributed by atoms with Gasteiger partial charge in [-0.1, -0.05) is 30.3 Å². The summed E-state index contributed by atoms with van der Waals surface area (Å²) in [4.78, 5) is 4.72. The van der Waals surface area contributed by atoms with Gasteiger partial charge in [0, 0.05) is 24.6 Å². The van der Waals surface area contributed by atoms with Crippen molar-refractivity contribution in [2.24, 2.45) is 0 Å². The molecular weight excluding hydrogens is 393 g/mol. The fraction of sp³-hybridized carbons (Fsp3) is 0.333. The summed E-state index contributed by atoms with van der Waals surface area (Å²) >= 11 is 0. The Morgan fingerprint density at radius 3 is 2.52 bits per heavy atom. The monoisotopic (exact) mass is 415 g/mol. The number of hydrogen-bond acceptors (Lipinski definition) is 5. The third-order valence-corrected chi connectivity index (χ3v) is 7.21. The molecule has 1 aliphatic rings. The standard InChI is InChI=1S/C21H22FN3O3S/c1-2-15-6-8-19(9-7-15)29(26,27)25-12-10-16(11-13-25)20-23-21(28-24-20)17-4-3-5-18(22)14-17/h3-9,14,16H,2,10-13H2,1H3. The van der Waals surface area contributed by atoms with E-state index >= 15 is 0 Å². The maximum absolute atomic E-state index is 13.4. The Labute approximate surface area is 169 Å². The van der Waals surface area contributed by atoms with Crippen molar-refractivity contribution in [1.29, 1.82) is 0 Å². The van der Waals surface area contributed by atoms with Gasteiger partial charge in [0.25, 0.3) is 5.89 Å². The zero-order valence-corrected chi connectivity index (χ0v) is 16.9. The number of aryl methyl sites for hydroxylation is 1. The molecule has 1 saturated heterocycles. The van der Waals surface area contributed by atoms with Gasteiger partial charge in [0.1, 0.15) is 5.82 Å². The normalized spacial score (nSPS) is 16.2. The highest BCUT2D eigenvalue weighted by Gasteiger charge is 2.31. The van der Waals surface area contributed by atoms with Gasteiger partial charge in [0.05, 0.1) is 4.90 Å². The van der Waals surface area contributed by atoms with Crippen LogP contribution in [0.4, 0.5) is 4.39 Å². The van der Waals surface area contributed by atoms with Crippen molar-refractivity contribution < 1.29 is 17.3 Å². The molecule has 4 rings (SSSR count). The van der Waals surface area contributed by atoms with E-state index in [2.05, 4.69) is 10.1 Å². The Morgan fingerprint density at radius 2 is 1.86 bits per heavy atom. The van der Waals surface area contributed by atoms with E-state index in [-0.39, 0.29) is 17.6 Å². The first-order chi connectivity index (χ1) is 14.0. The molecule has 29 heavy (non-hydrogen) atoms. The number of nitrogens with zero attached hydrogens (tertiary/aromatic N) is 3. The van der Waals surface area contributed by atoms with E-state index in [1.54, 1.807) is 24.3 Å². The van der Waals surface area contributed by atoms with Gasteiger partial charge in [-0.15, -0.1) is 0 Å². The molecule has 1 fully saturated rings. The average Bonchev–Trinajstić information content (AvgIpc) is 3.24. The molecule has 0 atom stereocenters. The number of aromatic nitrogens is 2. The van der Waals surface area contributed by atoms with Crippen molar-refractivity contribution in [2.75, 3.05) is 13.1 Å². The van der Waals surface area contributed by atoms with Gasteiger partial charge in [-0.25, -0.2) is 12.8 Å². The molecule has 0 N–H and O–H groups in total. The minimum atomic E-state index is -3.51. The van der Waals surface area contributed by atoms with Gasteiger partial charge >= 0.3 is 0 Å². The summed E-state index contributed by atoms with van der Waals surface area (Å²) in [6.07, 6.45) is 2.08. The summed E-state index contributed by atoms with van der Waals surface area (Å²) in [7, 11) is -3.51. The second-order valence-corrected chi connectivity index (χ2v) is 9.08. The summed E-state index contributed by atoms with van der Waals surface area (Å²) < 4.78 is 46.0. The lowest BCUT2D eigenvalue weighted by atomic mass is 9.97. The predicted octanol–water partition coefficient (Wildman–Crippen LogP) is 4.01. The highest BCUT2D eigenvalue weighted by molar-refractivity contribution is 7.89. The van der Waals surface area contributed by atoms with E-state index in [9.17, 15) is 12.8 Å². The molecule has 3 aromatic rings. The molecule has 6 nitrogen and oxygen atoms in total. The maximum Gasteiger partial charge on any atom is 0.258 e. The predicted molar refractivity (Wildman–Crippen MR) is 106 cm³/mol. The smallest absolute Gasteiger partial charge is 0.258 e. The number of sulfonamides is 1. The summed E-state index contributed by atoms with van der Waals surface area (Å²) in [5.74, 6) is 0.446. The van der Waals surface area contributed by atoms with Crippen molar-refractivity contribution in [3.8, 4) is 11.5 Å². The Bertz CT molecular complexity index is 1090. The molecule has 0 saturated carbocycles. The zero-order chi connectivity index (χ0) is 20.4. The lowest BCUT2D eigenvalue weighted by Crippen LogP contribution is -2.38. The van der Waals surface area contributed by atoms with E-state index in [1.807, 2.05) is 19.1 Å². The first kappa shape index (κ1) is 19.7. The Kier molecular flexibility index (Phi) is 5.47. The molecule has 0 aliphatic carbocycles. The third-order valence-electron chi connectivity index (χ3n) is 5.30. The second-order valence-electron chi connectivity index (χ2n) is 7.14. The Hall–Kier alpha value is -2.58. The van der Waals surface area contributed by atoms with Crippen LogP contribution in [-0.2, 0) is 16.4 Å². The van der Waals surface area contributed by atoms with Gasteiger partial charge < -0.3 is 4.52 Å². The molecule has 0 bridgehead atoms. The van der Waals surface area contributed by atoms with Crippen molar-refractivity contribution in [1.82, 2.24) is 14.4 Å². The lowest BCUT2D eigenvalue weighted by molar-refractivity contribution is 0.307. The molecule has 1 aliphatic heterocycles. The molecule has 0 radical (unpaired) electrons. The fourth-order valence-electron chi connectivity index (χ4n) is 3.54. The van der Waals surface area contributed by atoms with Crippen LogP contribution in [0.5, 0.6) is 0 Å². The lowest BCUT2D eigenvalue weighted by Gasteiger charge is -2.29. The van der Waals surface area contributed by atoms with Crippen LogP contribution in [-0.4, -0.2) is 36.0 Å². The Balaban J connectivity index is 1.44. The second kappa shape index (κ2) is 8.04. The minimum absolute atomic E-state index is 0.00924. The quantitative estimate of drug-likeness (QED) is 0.629. The van der Waals surface area contributed by atoms with E-state index in [1.165, 1.54) is 16.4 Å². The number of rotatable bonds is 5. The SMILES string of the molecule is CCc1ccc(S(=O)(=O)N2CCC(c3noc(-c4cccc(F)c4)n3)CC2)cc1. The number of halogens is 1. The maximum atomic E-state index is 13.4. The molecule has 152 valence electrons. The summed E-state index contributed by atoms with van der Waals surface area (Å²) in [6, 6.07) is 13.0. The van der Waals surface area contributed by atoms with Crippen molar-refractivity contribution in [3.63, 3.8) is 0 Å². The van der Waals surface area contributed by atoms with Crippen LogP contribution >= 0.6 is 0 Å². The highest BCUT2D eigenvalue weighted by atomic mass is 32.2. The third kappa shape index (κ3) is 4.09. The van der Waals surface area contributed by atoms with Crippen LogP contribution in [0.1, 0.15) is 37.1 Å². The molecule has 0 spiro atoms. The zero-order valence-electron chi connectivity index (χ0n) is 16.1. The number of hydrogen-bond donors (Lipinski definition) is 0. The first-order valence-corrected chi connectivity index (χ1v) is 11.1. The summed E-state index contributed by atoms with van der Waals surface area (Å²) in [5.41, 5.74) is 1.63. The van der Waals surface area contributed by atoms with Crippen molar-refractivity contribution >= 4 is 10.0 Å². The van der Waals surface area contributed by atoms with Gasteiger partial charge in [0.2, 0.25) is 10.0 Å². The van der Waals surface area contributed by atoms with E-state index in [0.29, 0.717) is 42.2 Å². The number of benzene rings is 2. The van der Waals surface area contributed by atoms with Gasteiger partial charge in [-0.3, -0.25) is 0 Å². The molecule has 2 aromatic carbocycles. The van der Waals surface area contributed by atoms with Gasteiger partial charge in [-0.2, -0.15) is 9.29 Å². The van der Waals surface area contributed by atoms with E-state index in [4.69, 9.17) is 4.52 Å². The van der Waals surface area contributed by atoms with Gasteiger partial charge in [-0.05, 0) is 55.2 Å². The molecule has 0 unspecified atom stereocenters. The molecular formula is C21H22FN3O3S. The minimum Gasteiger partial charge on any atom is -0.334 e. The number of piperidine rings is 1. The average molecular weight is 415 g/mol. The molecule has 2 heterocycles. The van der Waals surface area contributed by atoms with Crippen LogP contribution in [0, 0.1) is 5.82 Å². The molecule has 0 amide bonds. The fourth-order valence-corrected chi connectivity index (χ4v) is 5.01. The summed E-state index contributed by atoms with van der Waals surface area (Å²) in [5, 5.41) is 4.03.